The molecule has 0 aliphatic carbocycles. The van der Waals surface area contributed by atoms with Crippen molar-refractivity contribution in [3.63, 3.8) is 0 Å². The molecule has 0 saturated heterocycles. The van der Waals surface area contributed by atoms with E-state index in [0.717, 1.165) is 6.42 Å². The molecule has 0 saturated carbocycles. The van der Waals surface area contributed by atoms with Crippen LogP contribution in [0, 0.1) is 0 Å². The van der Waals surface area contributed by atoms with Crippen LogP contribution in [0.5, 0.6) is 0 Å². The van der Waals surface area contributed by atoms with Gasteiger partial charge in [-0.1, -0.05) is 26.0 Å². The third kappa shape index (κ3) is 3.84. The molecule has 0 atom stereocenters. The van der Waals surface area contributed by atoms with Crippen LogP contribution in [0.4, 0.5) is 5.69 Å². The van der Waals surface area contributed by atoms with E-state index in [9.17, 15) is 8.42 Å². The van der Waals surface area contributed by atoms with Crippen LogP contribution in [-0.4, -0.2) is 15.0 Å². The van der Waals surface area contributed by atoms with Crippen LogP contribution in [0.1, 0.15) is 24.3 Å². The van der Waals surface area contributed by atoms with Crippen molar-refractivity contribution in [1.82, 2.24) is 4.72 Å². The molecule has 0 unspecified atom stereocenters. The number of anilines is 1. The Morgan fingerprint density at radius 2 is 1.90 bits per heavy atom. The van der Waals surface area contributed by atoms with E-state index in [1.807, 2.05) is 6.07 Å². The number of benzene rings is 1. The summed E-state index contributed by atoms with van der Waals surface area (Å²) in [5, 5.41) is 5.31. The average molecular weight is 324 g/mol. The lowest BCUT2D eigenvalue weighted by Crippen LogP contribution is -2.24. The van der Waals surface area contributed by atoms with E-state index in [1.165, 1.54) is 10.4 Å². The summed E-state index contributed by atoms with van der Waals surface area (Å²) in [5.41, 5.74) is 1.94. The minimum absolute atomic E-state index is 0.293. The molecular weight excluding hydrogens is 304 g/mol. The predicted octanol–water partition coefficient (Wildman–Crippen LogP) is 3.22. The van der Waals surface area contributed by atoms with Crippen molar-refractivity contribution < 1.29 is 8.42 Å². The molecule has 1 aromatic heterocycles. The first-order chi connectivity index (χ1) is 10.1. The number of rotatable bonds is 7. The Balaban J connectivity index is 2.21. The molecule has 0 amide bonds. The number of nitrogens with one attached hydrogen (secondary N) is 2. The lowest BCUT2D eigenvalue weighted by molar-refractivity contribution is 0.584. The van der Waals surface area contributed by atoms with Crippen LogP contribution in [0.2, 0.25) is 0 Å². The van der Waals surface area contributed by atoms with Gasteiger partial charge in [-0.05, 0) is 35.6 Å². The molecule has 4 nitrogen and oxygen atoms in total. The Labute approximate surface area is 130 Å². The number of aryl methyl sites for hydroxylation is 1. The molecule has 1 aromatic carbocycles. The quantitative estimate of drug-likeness (QED) is 0.822. The van der Waals surface area contributed by atoms with Gasteiger partial charge in [0, 0.05) is 18.0 Å². The van der Waals surface area contributed by atoms with E-state index < -0.39 is 10.0 Å². The first-order valence-electron chi connectivity index (χ1n) is 6.96. The summed E-state index contributed by atoms with van der Waals surface area (Å²) in [6, 6.07) is 9.10. The van der Waals surface area contributed by atoms with Crippen LogP contribution in [-0.2, 0) is 23.0 Å². The highest BCUT2D eigenvalue weighted by atomic mass is 32.2. The second kappa shape index (κ2) is 7.06. The average Bonchev–Trinajstić information content (AvgIpc) is 2.93. The zero-order valence-corrected chi connectivity index (χ0v) is 13.9. The number of hydrogen-bond acceptors (Lipinski definition) is 4. The van der Waals surface area contributed by atoms with Gasteiger partial charge in [0.15, 0.2) is 0 Å². The van der Waals surface area contributed by atoms with E-state index in [2.05, 4.69) is 28.4 Å². The Morgan fingerprint density at radius 1 is 1.14 bits per heavy atom. The molecule has 2 aromatic rings. The summed E-state index contributed by atoms with van der Waals surface area (Å²) in [6.45, 7) is 4.91. The third-order valence-electron chi connectivity index (χ3n) is 3.17. The highest BCUT2D eigenvalue weighted by Gasteiger charge is 2.17. The Kier molecular flexibility index (Phi) is 5.39. The summed E-state index contributed by atoms with van der Waals surface area (Å²) in [6.07, 6.45) is 0.984. The molecule has 21 heavy (non-hydrogen) atoms. The number of para-hydroxylation sites is 1. The molecule has 0 aliphatic heterocycles. The van der Waals surface area contributed by atoms with E-state index in [-0.39, 0.29) is 0 Å². The Bertz CT molecular complexity index is 693. The van der Waals surface area contributed by atoms with Crippen LogP contribution < -0.4 is 10.0 Å². The van der Waals surface area contributed by atoms with Crippen molar-refractivity contribution in [2.75, 3.05) is 11.9 Å². The van der Waals surface area contributed by atoms with Crippen LogP contribution in [0.25, 0.3) is 0 Å². The molecule has 0 bridgehead atoms. The van der Waals surface area contributed by atoms with Crippen molar-refractivity contribution in [3.05, 3.63) is 46.2 Å². The first-order valence-corrected chi connectivity index (χ1v) is 9.32. The molecule has 6 heteroatoms. The van der Waals surface area contributed by atoms with Gasteiger partial charge in [0.05, 0.1) is 5.69 Å². The van der Waals surface area contributed by atoms with Gasteiger partial charge in [-0.3, -0.25) is 0 Å². The Morgan fingerprint density at radius 3 is 2.62 bits per heavy atom. The van der Waals surface area contributed by atoms with Crippen molar-refractivity contribution in [3.8, 4) is 0 Å². The van der Waals surface area contributed by atoms with E-state index in [4.69, 9.17) is 0 Å². The predicted molar refractivity (Wildman–Crippen MR) is 88.3 cm³/mol. The van der Waals surface area contributed by atoms with E-state index in [1.54, 1.807) is 36.5 Å². The lowest BCUT2D eigenvalue weighted by atomic mass is 10.2. The largest absolute Gasteiger partial charge is 0.379 e. The van der Waals surface area contributed by atoms with E-state index in [0.29, 0.717) is 23.7 Å². The first kappa shape index (κ1) is 16.0. The summed E-state index contributed by atoms with van der Waals surface area (Å²) in [5.74, 6) is 0. The smallest absolute Gasteiger partial charge is 0.242 e. The molecule has 0 fully saturated rings. The monoisotopic (exact) mass is 324 g/mol. The summed E-state index contributed by atoms with van der Waals surface area (Å²) < 4.78 is 26.9. The number of thiophene rings is 1. The normalized spacial score (nSPS) is 11.5. The molecule has 1 heterocycles. The third-order valence-corrected chi connectivity index (χ3v) is 5.74. The van der Waals surface area contributed by atoms with Gasteiger partial charge in [0.2, 0.25) is 10.0 Å². The van der Waals surface area contributed by atoms with Gasteiger partial charge in [-0.15, -0.1) is 11.3 Å². The fraction of sp³-hybridized carbons (Fsp3) is 0.333. The van der Waals surface area contributed by atoms with Gasteiger partial charge in [-0.25, -0.2) is 13.1 Å². The molecule has 2 N–H and O–H groups in total. The lowest BCUT2D eigenvalue weighted by Gasteiger charge is -2.12. The van der Waals surface area contributed by atoms with E-state index >= 15 is 0 Å². The van der Waals surface area contributed by atoms with Crippen LogP contribution in [0.15, 0.2) is 40.6 Å². The van der Waals surface area contributed by atoms with Crippen LogP contribution >= 0.6 is 11.3 Å². The fourth-order valence-corrected chi connectivity index (χ4v) is 4.27. The Hall–Kier alpha value is -1.37. The van der Waals surface area contributed by atoms with Gasteiger partial charge in [0.1, 0.15) is 4.90 Å². The number of sulfonamides is 1. The number of hydrogen-bond donors (Lipinski definition) is 2. The van der Waals surface area contributed by atoms with Gasteiger partial charge >= 0.3 is 0 Å². The maximum Gasteiger partial charge on any atom is 0.242 e. The van der Waals surface area contributed by atoms with Crippen molar-refractivity contribution in [2.24, 2.45) is 0 Å². The molecule has 0 radical (unpaired) electrons. The highest BCUT2D eigenvalue weighted by Crippen LogP contribution is 2.23. The van der Waals surface area contributed by atoms with Gasteiger partial charge in [0.25, 0.3) is 0 Å². The molecular formula is C15H20N2O2S2. The molecule has 114 valence electrons. The van der Waals surface area contributed by atoms with Gasteiger partial charge in [-0.2, -0.15) is 0 Å². The minimum atomic E-state index is -3.46. The standard InChI is InChI=1S/C15H20N2O2S2/c1-3-12-9-10-20-14(12)11-16-13-7-5-6-8-15(13)21(18,19)17-4-2/h5-10,16-17H,3-4,11H2,1-2H3. The summed E-state index contributed by atoms with van der Waals surface area (Å²) in [4.78, 5) is 1.54. The summed E-state index contributed by atoms with van der Waals surface area (Å²) in [7, 11) is -3.46. The highest BCUT2D eigenvalue weighted by molar-refractivity contribution is 7.89. The van der Waals surface area contributed by atoms with Crippen LogP contribution in [0.3, 0.4) is 0 Å². The SMILES string of the molecule is CCNS(=O)(=O)c1ccccc1NCc1sccc1CC. The molecule has 0 aliphatic rings. The van der Waals surface area contributed by atoms with Gasteiger partial charge < -0.3 is 5.32 Å². The zero-order chi connectivity index (χ0) is 15.3. The molecule has 0 spiro atoms. The maximum atomic E-state index is 12.2. The zero-order valence-electron chi connectivity index (χ0n) is 12.2. The van der Waals surface area contributed by atoms with Crippen molar-refractivity contribution in [1.29, 1.82) is 0 Å². The molecule has 2 rings (SSSR count). The summed E-state index contributed by atoms with van der Waals surface area (Å²) >= 11 is 1.69. The van der Waals surface area contributed by atoms with Crippen molar-refractivity contribution in [2.45, 2.75) is 31.7 Å². The maximum absolute atomic E-state index is 12.2. The minimum Gasteiger partial charge on any atom is -0.379 e. The van der Waals surface area contributed by atoms with Crippen molar-refractivity contribution >= 4 is 27.0 Å². The topological polar surface area (TPSA) is 58.2 Å². The second-order valence-electron chi connectivity index (χ2n) is 4.57. The second-order valence-corrected chi connectivity index (χ2v) is 7.31. The fourth-order valence-electron chi connectivity index (χ4n) is 2.13.